The molecule has 0 radical (unpaired) electrons. The van der Waals surface area contributed by atoms with Gasteiger partial charge in [0.15, 0.2) is 4.96 Å². The molecule has 10 heteroatoms. The molecule has 1 aromatic carbocycles. The molecule has 0 aliphatic carbocycles. The van der Waals surface area contributed by atoms with Crippen LogP contribution in [-0.2, 0) is 16.0 Å². The molecule has 0 bridgehead atoms. The molecular weight excluding hydrogens is 520 g/mol. The number of amides is 2. The molecule has 4 rings (SSSR count). The molecule has 208 valence electrons. The van der Waals surface area contributed by atoms with Crippen molar-refractivity contribution >= 4 is 51.1 Å². The van der Waals surface area contributed by atoms with Gasteiger partial charge in [-0.15, -0.1) is 0 Å². The van der Waals surface area contributed by atoms with E-state index in [1.54, 1.807) is 21.6 Å². The van der Waals surface area contributed by atoms with Gasteiger partial charge in [0.25, 0.3) is 5.91 Å². The fourth-order valence-corrected chi connectivity index (χ4v) is 5.92. The second-order valence-corrected chi connectivity index (χ2v) is 14.2. The molecule has 1 fully saturated rings. The third kappa shape index (κ3) is 7.01. The number of hydrogen-bond donors (Lipinski definition) is 0. The predicted molar refractivity (Wildman–Crippen MR) is 155 cm³/mol. The number of carbonyl (C=O) groups is 2. The van der Waals surface area contributed by atoms with Crippen LogP contribution in [0.3, 0.4) is 0 Å². The third-order valence-corrected chi connectivity index (χ3v) is 8.87. The first-order valence-corrected chi connectivity index (χ1v) is 15.2. The van der Waals surface area contributed by atoms with Crippen molar-refractivity contribution in [2.24, 2.45) is 0 Å². The Labute approximate surface area is 233 Å². The van der Waals surface area contributed by atoms with Gasteiger partial charge in [0.05, 0.1) is 17.1 Å². The highest BCUT2D eigenvalue weighted by molar-refractivity contribution is 7.99. The Balaban J connectivity index is 1.51. The molecule has 1 unspecified atom stereocenters. The number of fused-ring (bicyclic) bond motifs is 3. The summed E-state index contributed by atoms with van der Waals surface area (Å²) in [5, 5.41) is 0. The molecule has 2 aromatic heterocycles. The molecule has 38 heavy (non-hydrogen) atoms. The van der Waals surface area contributed by atoms with E-state index in [0.717, 1.165) is 47.4 Å². The van der Waals surface area contributed by atoms with Gasteiger partial charge in [-0.1, -0.05) is 17.4 Å². The lowest BCUT2D eigenvalue weighted by Gasteiger charge is -2.28. The first-order valence-electron chi connectivity index (χ1n) is 13.2. The van der Waals surface area contributed by atoms with Crippen LogP contribution < -0.4 is 0 Å². The zero-order valence-electron chi connectivity index (χ0n) is 23.6. The summed E-state index contributed by atoms with van der Waals surface area (Å²) >= 11 is 3.15. The average Bonchev–Trinajstić information content (AvgIpc) is 3.56. The van der Waals surface area contributed by atoms with Crippen LogP contribution >= 0.6 is 23.1 Å². The number of benzene rings is 1. The van der Waals surface area contributed by atoms with E-state index in [1.165, 1.54) is 11.3 Å². The normalized spacial score (nSPS) is 16.3. The lowest BCUT2D eigenvalue weighted by molar-refractivity contribution is 0.0190. The minimum absolute atomic E-state index is 0.00615. The SMILES string of the molecule is CSC(C)(C)CN(C)C(=O)c1cn2c(nc3cc(CN(CCC4CCCO4)C(=O)OC(C)(C)C)ccc32)s1. The lowest BCUT2D eigenvalue weighted by atomic mass is 10.1. The van der Waals surface area contributed by atoms with Crippen molar-refractivity contribution in [3.05, 3.63) is 34.8 Å². The van der Waals surface area contributed by atoms with Gasteiger partial charge in [-0.2, -0.15) is 11.8 Å². The van der Waals surface area contributed by atoms with Gasteiger partial charge in [0.1, 0.15) is 10.5 Å². The van der Waals surface area contributed by atoms with Gasteiger partial charge < -0.3 is 19.3 Å². The summed E-state index contributed by atoms with van der Waals surface area (Å²) in [6.07, 6.45) is 6.73. The van der Waals surface area contributed by atoms with Crippen molar-refractivity contribution < 1.29 is 19.1 Å². The number of hydrogen-bond acceptors (Lipinski definition) is 7. The summed E-state index contributed by atoms with van der Waals surface area (Å²) < 4.78 is 13.4. The van der Waals surface area contributed by atoms with E-state index in [-0.39, 0.29) is 22.9 Å². The lowest BCUT2D eigenvalue weighted by Crippen LogP contribution is -2.38. The second kappa shape index (κ2) is 11.4. The first kappa shape index (κ1) is 28.7. The molecular formula is C28H40N4O4S2. The molecule has 1 aliphatic rings. The molecule has 8 nitrogen and oxygen atoms in total. The van der Waals surface area contributed by atoms with Crippen molar-refractivity contribution in [2.45, 2.75) is 76.9 Å². The number of carbonyl (C=O) groups excluding carboxylic acids is 2. The molecule has 0 saturated carbocycles. The number of aromatic nitrogens is 2. The molecule has 1 aliphatic heterocycles. The Morgan fingerprint density at radius 3 is 2.68 bits per heavy atom. The van der Waals surface area contributed by atoms with Crippen molar-refractivity contribution in [3.8, 4) is 0 Å². The Morgan fingerprint density at radius 2 is 2.03 bits per heavy atom. The summed E-state index contributed by atoms with van der Waals surface area (Å²) in [5.41, 5.74) is 2.20. The molecule has 3 heterocycles. The van der Waals surface area contributed by atoms with Crippen LogP contribution in [0.4, 0.5) is 4.79 Å². The smallest absolute Gasteiger partial charge is 0.410 e. The zero-order valence-corrected chi connectivity index (χ0v) is 25.2. The van der Waals surface area contributed by atoms with E-state index in [1.807, 2.05) is 56.6 Å². The van der Waals surface area contributed by atoms with Crippen molar-refractivity contribution in [3.63, 3.8) is 0 Å². The van der Waals surface area contributed by atoms with Crippen molar-refractivity contribution in [1.29, 1.82) is 0 Å². The third-order valence-electron chi connectivity index (χ3n) is 6.67. The minimum atomic E-state index is -0.564. The van der Waals surface area contributed by atoms with Crippen LogP contribution in [0.2, 0.25) is 0 Å². The van der Waals surface area contributed by atoms with Crippen LogP contribution in [0.5, 0.6) is 0 Å². The van der Waals surface area contributed by atoms with E-state index in [2.05, 4.69) is 20.1 Å². The Kier molecular flexibility index (Phi) is 8.64. The van der Waals surface area contributed by atoms with Crippen molar-refractivity contribution in [2.75, 3.05) is 33.0 Å². The largest absolute Gasteiger partial charge is 0.444 e. The monoisotopic (exact) mass is 560 g/mol. The number of imidazole rings is 1. The van der Waals surface area contributed by atoms with Gasteiger partial charge in [-0.25, -0.2) is 9.78 Å². The summed E-state index contributed by atoms with van der Waals surface area (Å²) in [6, 6.07) is 6.05. The standard InChI is InChI=1S/C28H40N4O4S2/c1-27(2,3)36-26(34)31(13-12-20-9-8-14-35-20)16-19-10-11-22-21(15-19)29-25-32(22)17-23(38-25)24(33)30(6)18-28(4,5)37-7/h10-11,15,17,20H,8-9,12-14,16,18H2,1-7H3. The predicted octanol–water partition coefficient (Wildman–Crippen LogP) is 6.07. The highest BCUT2D eigenvalue weighted by Gasteiger charge is 2.26. The number of nitrogens with zero attached hydrogens (tertiary/aromatic N) is 4. The van der Waals surface area contributed by atoms with Crippen LogP contribution in [-0.4, -0.2) is 80.6 Å². The summed E-state index contributed by atoms with van der Waals surface area (Å²) in [6.45, 7) is 12.4. The number of ether oxygens (including phenoxy) is 2. The van der Waals surface area contributed by atoms with Crippen LogP contribution in [0.1, 0.15) is 69.1 Å². The highest BCUT2D eigenvalue weighted by Crippen LogP contribution is 2.28. The molecule has 0 N–H and O–H groups in total. The highest BCUT2D eigenvalue weighted by atomic mass is 32.2. The fourth-order valence-electron chi connectivity index (χ4n) is 4.61. The van der Waals surface area contributed by atoms with Crippen molar-refractivity contribution in [1.82, 2.24) is 19.2 Å². The minimum Gasteiger partial charge on any atom is -0.444 e. The Hall–Kier alpha value is -2.30. The number of thiazole rings is 1. The van der Waals surface area contributed by atoms with E-state index in [4.69, 9.17) is 14.5 Å². The Morgan fingerprint density at radius 1 is 1.26 bits per heavy atom. The van der Waals surface area contributed by atoms with Crippen LogP contribution in [0, 0.1) is 0 Å². The van der Waals surface area contributed by atoms with Gasteiger partial charge >= 0.3 is 6.09 Å². The van der Waals surface area contributed by atoms with Gasteiger partial charge in [0.2, 0.25) is 0 Å². The van der Waals surface area contributed by atoms with Crippen LogP contribution in [0.15, 0.2) is 24.4 Å². The van der Waals surface area contributed by atoms with Gasteiger partial charge in [-0.05, 0) is 77.8 Å². The van der Waals surface area contributed by atoms with E-state index in [9.17, 15) is 9.59 Å². The first-order chi connectivity index (χ1) is 17.8. The molecule has 1 saturated heterocycles. The topological polar surface area (TPSA) is 76.4 Å². The number of rotatable bonds is 9. The summed E-state index contributed by atoms with van der Waals surface area (Å²) in [5.74, 6) is 0.00615. The fraction of sp³-hybridized carbons (Fsp3) is 0.607. The van der Waals surface area contributed by atoms with Gasteiger partial charge in [0, 0.05) is 44.2 Å². The maximum atomic E-state index is 13.1. The summed E-state index contributed by atoms with van der Waals surface area (Å²) in [4.78, 5) is 35.9. The Bertz CT molecular complexity index is 1290. The molecule has 2 amide bonds. The van der Waals surface area contributed by atoms with Gasteiger partial charge in [-0.3, -0.25) is 9.20 Å². The number of thioether (sulfide) groups is 1. The molecule has 0 spiro atoms. The maximum Gasteiger partial charge on any atom is 0.410 e. The van der Waals surface area contributed by atoms with E-state index in [0.29, 0.717) is 24.5 Å². The molecule has 3 aromatic rings. The second-order valence-electron chi connectivity index (χ2n) is 11.6. The maximum absolute atomic E-state index is 13.1. The zero-order chi connectivity index (χ0) is 27.7. The average molecular weight is 561 g/mol. The quantitative estimate of drug-likeness (QED) is 0.316. The molecule has 1 atom stereocenters. The van der Waals surface area contributed by atoms with Crippen LogP contribution in [0.25, 0.3) is 16.0 Å². The van der Waals surface area contributed by atoms with E-state index < -0.39 is 5.60 Å². The van der Waals surface area contributed by atoms with E-state index >= 15 is 0 Å². The summed E-state index contributed by atoms with van der Waals surface area (Å²) in [7, 11) is 1.85.